The highest BCUT2D eigenvalue weighted by molar-refractivity contribution is 7.98. The summed E-state index contributed by atoms with van der Waals surface area (Å²) in [6.45, 7) is 1.71. The van der Waals surface area contributed by atoms with Crippen LogP contribution in [0.3, 0.4) is 0 Å². The zero-order valence-corrected chi connectivity index (χ0v) is 22.7. The summed E-state index contributed by atoms with van der Waals surface area (Å²) < 4.78 is 31.4. The molecule has 5 aromatic rings. The van der Waals surface area contributed by atoms with Crippen LogP contribution in [0.25, 0.3) is 16.6 Å². The zero-order valence-electron chi connectivity index (χ0n) is 19.5. The Morgan fingerprint density at radius 3 is 2.57 bits per heavy atom. The average Bonchev–Trinajstić information content (AvgIpc) is 3.33. The molecule has 1 unspecified atom stereocenters. The van der Waals surface area contributed by atoms with Gasteiger partial charge in [0.15, 0.2) is 11.0 Å². The molecule has 5 rings (SSSR count). The van der Waals surface area contributed by atoms with Crippen LogP contribution in [0.4, 0.5) is 0 Å². The van der Waals surface area contributed by atoms with Gasteiger partial charge in [-0.1, -0.05) is 83.5 Å². The van der Waals surface area contributed by atoms with E-state index in [0.29, 0.717) is 38.0 Å². The van der Waals surface area contributed by atoms with E-state index >= 15 is 0 Å². The Hall–Kier alpha value is -2.95. The Kier molecular flexibility index (Phi) is 7.50. The lowest BCUT2D eigenvalue weighted by Crippen LogP contribution is -2.29. The minimum Gasteiger partial charge on any atom is -0.271 e. The molecule has 0 bridgehead atoms. The number of halogens is 2. The van der Waals surface area contributed by atoms with Crippen molar-refractivity contribution in [2.75, 3.05) is 0 Å². The average molecular weight is 571 g/mol. The fraction of sp³-hybridized carbons (Fsp3) is 0.115. The van der Waals surface area contributed by atoms with Crippen molar-refractivity contribution < 1.29 is 8.42 Å². The van der Waals surface area contributed by atoms with Crippen LogP contribution < -0.4 is 4.72 Å². The first-order valence-electron chi connectivity index (χ1n) is 11.3. The van der Waals surface area contributed by atoms with Crippen molar-refractivity contribution in [1.82, 2.24) is 24.5 Å². The molecule has 0 saturated heterocycles. The van der Waals surface area contributed by atoms with Gasteiger partial charge < -0.3 is 0 Å². The first kappa shape index (κ1) is 25.7. The third kappa shape index (κ3) is 5.51. The second-order valence-corrected chi connectivity index (χ2v) is 11.7. The highest BCUT2D eigenvalue weighted by Crippen LogP contribution is 2.33. The van der Waals surface area contributed by atoms with Crippen molar-refractivity contribution in [2.45, 2.75) is 28.8 Å². The van der Waals surface area contributed by atoms with E-state index in [4.69, 9.17) is 23.2 Å². The number of rotatable bonds is 8. The maximum Gasteiger partial charge on any atom is 0.243 e. The van der Waals surface area contributed by atoms with E-state index < -0.39 is 16.1 Å². The van der Waals surface area contributed by atoms with Gasteiger partial charge in [0, 0.05) is 22.4 Å². The van der Waals surface area contributed by atoms with E-state index in [2.05, 4.69) is 19.9 Å². The molecular weight excluding hydrogens is 549 g/mol. The predicted molar refractivity (Wildman–Crippen MR) is 148 cm³/mol. The molecule has 188 valence electrons. The van der Waals surface area contributed by atoms with E-state index in [9.17, 15) is 8.42 Å². The Morgan fingerprint density at radius 2 is 1.76 bits per heavy atom. The molecule has 2 heterocycles. The number of fused-ring (bicyclic) bond motifs is 1. The number of pyridine rings is 1. The Morgan fingerprint density at radius 1 is 0.973 bits per heavy atom. The van der Waals surface area contributed by atoms with E-state index in [0.717, 1.165) is 10.9 Å². The molecule has 2 aromatic heterocycles. The van der Waals surface area contributed by atoms with Gasteiger partial charge in [-0.2, -0.15) is 0 Å². The van der Waals surface area contributed by atoms with E-state index in [1.54, 1.807) is 48.0 Å². The summed E-state index contributed by atoms with van der Waals surface area (Å²) >= 11 is 14.3. The number of hydrogen-bond donors (Lipinski definition) is 1. The van der Waals surface area contributed by atoms with Gasteiger partial charge in [0.05, 0.1) is 22.3 Å². The molecule has 37 heavy (non-hydrogen) atoms. The maximum atomic E-state index is 13.5. The molecule has 0 amide bonds. The largest absolute Gasteiger partial charge is 0.271 e. The number of nitrogens with one attached hydrogen (secondary N) is 1. The smallest absolute Gasteiger partial charge is 0.243 e. The molecule has 0 fully saturated rings. The van der Waals surface area contributed by atoms with Crippen LogP contribution in [0.15, 0.2) is 95.1 Å². The minimum atomic E-state index is -3.96. The van der Waals surface area contributed by atoms with Gasteiger partial charge in [0.1, 0.15) is 4.90 Å². The standard InChI is InChI=1S/C26H21Cl2N5O2S2/c1-17(32-37(34,35)23-11-5-9-19-10-6-14-29-24(19)23)25-30-31-26(36-16-18-7-3-2-4-8-18)33(25)22-15-20(27)12-13-21(22)28/h2-15,17,32H,16H2,1H3. The molecule has 1 N–H and O–H groups in total. The number of nitrogens with zero attached hydrogens (tertiary/aromatic N) is 4. The summed E-state index contributed by atoms with van der Waals surface area (Å²) in [6, 6.07) is 22.9. The molecule has 3 aromatic carbocycles. The highest BCUT2D eigenvalue weighted by atomic mass is 35.5. The van der Waals surface area contributed by atoms with Crippen LogP contribution in [0.2, 0.25) is 10.0 Å². The van der Waals surface area contributed by atoms with Gasteiger partial charge in [-0.05, 0) is 42.8 Å². The summed E-state index contributed by atoms with van der Waals surface area (Å²) in [7, 11) is -3.96. The SMILES string of the molecule is CC(NS(=O)(=O)c1cccc2cccnc12)c1nnc(SCc2ccccc2)n1-c1cc(Cl)ccc1Cl. The lowest BCUT2D eigenvalue weighted by molar-refractivity contribution is 0.556. The van der Waals surface area contributed by atoms with Gasteiger partial charge in [0.25, 0.3) is 0 Å². The van der Waals surface area contributed by atoms with Crippen molar-refractivity contribution in [3.63, 3.8) is 0 Å². The molecule has 0 aliphatic rings. The lowest BCUT2D eigenvalue weighted by Gasteiger charge is -2.18. The number of para-hydroxylation sites is 1. The molecule has 1 atom stereocenters. The Bertz CT molecular complexity index is 1670. The Balaban J connectivity index is 1.53. The molecule has 0 saturated carbocycles. The van der Waals surface area contributed by atoms with Crippen molar-refractivity contribution in [3.8, 4) is 5.69 Å². The summed E-state index contributed by atoms with van der Waals surface area (Å²) in [5.41, 5.74) is 2.06. The lowest BCUT2D eigenvalue weighted by atomic mass is 10.2. The first-order valence-corrected chi connectivity index (χ1v) is 14.5. The Labute approximate surface area is 228 Å². The number of sulfonamides is 1. The highest BCUT2D eigenvalue weighted by Gasteiger charge is 2.27. The third-order valence-electron chi connectivity index (χ3n) is 5.62. The van der Waals surface area contributed by atoms with Crippen molar-refractivity contribution in [3.05, 3.63) is 106 Å². The minimum absolute atomic E-state index is 0.0861. The van der Waals surface area contributed by atoms with Gasteiger partial charge in [0.2, 0.25) is 10.0 Å². The fourth-order valence-corrected chi connectivity index (χ4v) is 6.56. The van der Waals surface area contributed by atoms with Crippen LogP contribution in [0.5, 0.6) is 0 Å². The van der Waals surface area contributed by atoms with Gasteiger partial charge in [-0.3, -0.25) is 9.55 Å². The quantitative estimate of drug-likeness (QED) is 0.216. The van der Waals surface area contributed by atoms with Crippen LogP contribution in [-0.4, -0.2) is 28.2 Å². The van der Waals surface area contributed by atoms with Crippen molar-refractivity contribution in [2.24, 2.45) is 0 Å². The van der Waals surface area contributed by atoms with Crippen molar-refractivity contribution >= 4 is 55.9 Å². The van der Waals surface area contributed by atoms with Crippen molar-refractivity contribution in [1.29, 1.82) is 0 Å². The van der Waals surface area contributed by atoms with Crippen LogP contribution in [0, 0.1) is 0 Å². The van der Waals surface area contributed by atoms with Gasteiger partial charge in [-0.25, -0.2) is 13.1 Å². The molecule has 7 nitrogen and oxygen atoms in total. The zero-order chi connectivity index (χ0) is 26.0. The predicted octanol–water partition coefficient (Wildman–Crippen LogP) is 6.45. The normalized spacial score (nSPS) is 12.6. The van der Waals surface area contributed by atoms with E-state index in [1.165, 1.54) is 17.8 Å². The monoisotopic (exact) mass is 569 g/mol. The summed E-state index contributed by atoms with van der Waals surface area (Å²) in [5, 5.41) is 10.9. The summed E-state index contributed by atoms with van der Waals surface area (Å²) in [6.07, 6.45) is 1.57. The van der Waals surface area contributed by atoms with E-state index in [1.807, 2.05) is 42.5 Å². The number of thioether (sulfide) groups is 1. The number of aromatic nitrogens is 4. The van der Waals surface area contributed by atoms with Gasteiger partial charge in [-0.15, -0.1) is 10.2 Å². The molecule has 0 aliphatic heterocycles. The first-order chi connectivity index (χ1) is 17.8. The summed E-state index contributed by atoms with van der Waals surface area (Å²) in [5.74, 6) is 1.01. The second-order valence-electron chi connectivity index (χ2n) is 8.22. The fourth-order valence-electron chi connectivity index (χ4n) is 3.90. The maximum absolute atomic E-state index is 13.5. The molecule has 0 spiro atoms. The van der Waals surface area contributed by atoms with Crippen LogP contribution in [0.1, 0.15) is 24.4 Å². The van der Waals surface area contributed by atoms with E-state index in [-0.39, 0.29) is 4.90 Å². The molecule has 0 radical (unpaired) electrons. The summed E-state index contributed by atoms with van der Waals surface area (Å²) in [4.78, 5) is 4.37. The molecule has 11 heteroatoms. The second kappa shape index (κ2) is 10.8. The van der Waals surface area contributed by atoms with Gasteiger partial charge >= 0.3 is 0 Å². The number of hydrogen-bond acceptors (Lipinski definition) is 6. The third-order valence-corrected chi connectivity index (χ3v) is 8.75. The molecular formula is C26H21Cl2N5O2S2. The van der Waals surface area contributed by atoms with Crippen LogP contribution in [-0.2, 0) is 15.8 Å². The number of benzene rings is 3. The topological polar surface area (TPSA) is 89.8 Å². The van der Waals surface area contributed by atoms with Crippen LogP contribution >= 0.6 is 35.0 Å². The molecule has 0 aliphatic carbocycles.